The van der Waals surface area contributed by atoms with Gasteiger partial charge in [0, 0.05) is 24.9 Å². The molecule has 2 aromatic rings. The second-order valence-corrected chi connectivity index (χ2v) is 5.50. The van der Waals surface area contributed by atoms with E-state index in [4.69, 9.17) is 22.1 Å². The van der Waals surface area contributed by atoms with Crippen LogP contribution in [-0.2, 0) is 12.8 Å². The normalized spacial score (nSPS) is 12.1. The molecule has 0 bridgehead atoms. The van der Waals surface area contributed by atoms with Crippen molar-refractivity contribution >= 4 is 11.6 Å². The van der Waals surface area contributed by atoms with Gasteiger partial charge in [-0.05, 0) is 42.2 Å². The molecule has 0 aliphatic heterocycles. The summed E-state index contributed by atoms with van der Waals surface area (Å²) in [5.74, 6) is 0.717. The summed E-state index contributed by atoms with van der Waals surface area (Å²) >= 11 is 6.26. The molecule has 0 fully saturated rings. The van der Waals surface area contributed by atoms with Crippen LogP contribution in [0.2, 0.25) is 5.02 Å². The first-order chi connectivity index (χ1) is 10.2. The molecule has 1 unspecified atom stereocenters. The molecule has 0 aliphatic carbocycles. The second kappa shape index (κ2) is 8.01. The minimum absolute atomic E-state index is 0.179. The van der Waals surface area contributed by atoms with E-state index >= 15 is 0 Å². The molecular weight excluding hydrogens is 284 g/mol. The Balaban J connectivity index is 1.89. The van der Waals surface area contributed by atoms with Crippen molar-refractivity contribution in [3.63, 3.8) is 0 Å². The fourth-order valence-corrected chi connectivity index (χ4v) is 2.32. The fraction of sp³-hybridized carbons (Fsp3) is 0.353. The van der Waals surface area contributed by atoms with Gasteiger partial charge in [-0.2, -0.15) is 0 Å². The van der Waals surface area contributed by atoms with Gasteiger partial charge in [-0.3, -0.25) is 4.98 Å². The van der Waals surface area contributed by atoms with Gasteiger partial charge in [0.2, 0.25) is 0 Å². The number of aromatic nitrogens is 1. The van der Waals surface area contributed by atoms with Crippen LogP contribution in [-0.4, -0.2) is 17.6 Å². The van der Waals surface area contributed by atoms with Crippen LogP contribution < -0.4 is 10.5 Å². The summed E-state index contributed by atoms with van der Waals surface area (Å²) in [6.45, 7) is 2.67. The predicted molar refractivity (Wildman–Crippen MR) is 86.9 cm³/mol. The van der Waals surface area contributed by atoms with Crippen LogP contribution in [0.25, 0.3) is 0 Å². The molecule has 1 aromatic carbocycles. The van der Waals surface area contributed by atoms with E-state index in [1.807, 2.05) is 36.5 Å². The summed E-state index contributed by atoms with van der Waals surface area (Å²) < 4.78 is 5.74. The molecular formula is C17H21ClN2O. The highest BCUT2D eigenvalue weighted by Gasteiger charge is 2.06. The summed E-state index contributed by atoms with van der Waals surface area (Å²) in [4.78, 5) is 4.08. The molecule has 0 saturated heterocycles. The highest BCUT2D eigenvalue weighted by molar-refractivity contribution is 6.32. The Bertz CT molecular complexity index is 560. The van der Waals surface area contributed by atoms with E-state index in [1.165, 1.54) is 0 Å². The molecule has 4 heteroatoms. The lowest BCUT2D eigenvalue weighted by atomic mass is 10.0. The van der Waals surface area contributed by atoms with Crippen molar-refractivity contribution in [2.75, 3.05) is 6.61 Å². The zero-order valence-electron chi connectivity index (χ0n) is 12.3. The Morgan fingerprint density at radius 3 is 2.81 bits per heavy atom. The second-order valence-electron chi connectivity index (χ2n) is 5.10. The van der Waals surface area contributed by atoms with Crippen molar-refractivity contribution in [3.05, 3.63) is 58.9 Å². The van der Waals surface area contributed by atoms with Crippen LogP contribution >= 0.6 is 11.6 Å². The molecule has 3 nitrogen and oxygen atoms in total. The van der Waals surface area contributed by atoms with Crippen molar-refractivity contribution in [1.82, 2.24) is 4.98 Å². The number of nitrogens with zero attached hydrogens (tertiary/aromatic N) is 1. The lowest BCUT2D eigenvalue weighted by molar-refractivity contribution is 0.322. The number of halogens is 1. The van der Waals surface area contributed by atoms with Crippen LogP contribution in [0, 0.1) is 0 Å². The highest BCUT2D eigenvalue weighted by Crippen LogP contribution is 2.26. The van der Waals surface area contributed by atoms with Crippen LogP contribution in [0.15, 0.2) is 42.7 Å². The van der Waals surface area contributed by atoms with Crippen molar-refractivity contribution < 1.29 is 4.74 Å². The van der Waals surface area contributed by atoms with E-state index in [0.29, 0.717) is 11.6 Å². The molecule has 1 heterocycles. The SMILES string of the molecule is CCC(N)Cc1ccc(OCCc2cccnc2)c(Cl)c1. The van der Waals surface area contributed by atoms with Gasteiger partial charge in [-0.1, -0.05) is 30.7 Å². The Hall–Kier alpha value is -1.58. The molecule has 21 heavy (non-hydrogen) atoms. The maximum absolute atomic E-state index is 6.26. The fourth-order valence-electron chi connectivity index (χ4n) is 2.06. The van der Waals surface area contributed by atoms with E-state index in [0.717, 1.165) is 36.1 Å². The van der Waals surface area contributed by atoms with E-state index < -0.39 is 0 Å². The third-order valence-electron chi connectivity index (χ3n) is 3.39. The standard InChI is InChI=1S/C17H21ClN2O/c1-2-15(19)10-14-5-6-17(16(18)11-14)21-9-7-13-4-3-8-20-12-13/h3-6,8,11-12,15H,2,7,9-10,19H2,1H3. The van der Waals surface area contributed by atoms with Crippen molar-refractivity contribution in [1.29, 1.82) is 0 Å². The van der Waals surface area contributed by atoms with E-state index in [2.05, 4.69) is 11.9 Å². The summed E-state index contributed by atoms with van der Waals surface area (Å²) in [6, 6.07) is 10.0. The first-order valence-electron chi connectivity index (χ1n) is 7.24. The average Bonchev–Trinajstić information content (AvgIpc) is 2.50. The minimum Gasteiger partial charge on any atom is -0.492 e. The third-order valence-corrected chi connectivity index (χ3v) is 3.69. The average molecular weight is 305 g/mol. The molecule has 0 amide bonds. The number of pyridine rings is 1. The Morgan fingerprint density at radius 2 is 2.14 bits per heavy atom. The maximum Gasteiger partial charge on any atom is 0.137 e. The predicted octanol–water partition coefficient (Wildman–Crippen LogP) is 3.64. The monoisotopic (exact) mass is 304 g/mol. The van der Waals surface area contributed by atoms with Gasteiger partial charge < -0.3 is 10.5 Å². The van der Waals surface area contributed by atoms with Crippen LogP contribution in [0.1, 0.15) is 24.5 Å². The van der Waals surface area contributed by atoms with E-state index in [9.17, 15) is 0 Å². The molecule has 2 rings (SSSR count). The summed E-state index contributed by atoms with van der Waals surface area (Å²) in [7, 11) is 0. The lowest BCUT2D eigenvalue weighted by Crippen LogP contribution is -2.21. The van der Waals surface area contributed by atoms with Crippen molar-refractivity contribution in [2.24, 2.45) is 5.73 Å². The Morgan fingerprint density at radius 1 is 1.29 bits per heavy atom. The van der Waals surface area contributed by atoms with Gasteiger partial charge in [-0.25, -0.2) is 0 Å². The molecule has 0 saturated carbocycles. The van der Waals surface area contributed by atoms with E-state index in [-0.39, 0.29) is 6.04 Å². The van der Waals surface area contributed by atoms with Crippen LogP contribution in [0.3, 0.4) is 0 Å². The lowest BCUT2D eigenvalue weighted by Gasteiger charge is -2.12. The smallest absolute Gasteiger partial charge is 0.137 e. The number of ether oxygens (including phenoxy) is 1. The number of nitrogens with two attached hydrogens (primary N) is 1. The van der Waals surface area contributed by atoms with Gasteiger partial charge in [0.15, 0.2) is 0 Å². The first kappa shape index (κ1) is 15.8. The number of benzene rings is 1. The number of hydrogen-bond acceptors (Lipinski definition) is 3. The molecule has 0 aliphatic rings. The number of rotatable bonds is 7. The van der Waals surface area contributed by atoms with Crippen molar-refractivity contribution in [3.8, 4) is 5.75 Å². The van der Waals surface area contributed by atoms with Gasteiger partial charge in [0.1, 0.15) is 5.75 Å². The number of hydrogen-bond donors (Lipinski definition) is 1. The molecule has 1 atom stereocenters. The summed E-state index contributed by atoms with van der Waals surface area (Å²) in [5.41, 5.74) is 8.26. The van der Waals surface area contributed by atoms with Gasteiger partial charge in [-0.15, -0.1) is 0 Å². The quantitative estimate of drug-likeness (QED) is 0.849. The summed E-state index contributed by atoms with van der Waals surface area (Å²) in [5, 5.41) is 0.641. The van der Waals surface area contributed by atoms with Gasteiger partial charge in [0.05, 0.1) is 11.6 Å². The summed E-state index contributed by atoms with van der Waals surface area (Å²) in [6.07, 6.45) is 6.22. The first-order valence-corrected chi connectivity index (χ1v) is 7.62. The Labute approximate surface area is 131 Å². The zero-order valence-corrected chi connectivity index (χ0v) is 13.0. The molecule has 0 radical (unpaired) electrons. The van der Waals surface area contributed by atoms with Crippen LogP contribution in [0.4, 0.5) is 0 Å². The topological polar surface area (TPSA) is 48.1 Å². The molecule has 0 spiro atoms. The third kappa shape index (κ3) is 5.03. The largest absolute Gasteiger partial charge is 0.492 e. The van der Waals surface area contributed by atoms with Crippen molar-refractivity contribution in [2.45, 2.75) is 32.2 Å². The Kier molecular flexibility index (Phi) is 6.03. The van der Waals surface area contributed by atoms with Gasteiger partial charge in [0.25, 0.3) is 0 Å². The maximum atomic E-state index is 6.26. The minimum atomic E-state index is 0.179. The molecule has 112 valence electrons. The highest BCUT2D eigenvalue weighted by atomic mass is 35.5. The van der Waals surface area contributed by atoms with Gasteiger partial charge >= 0.3 is 0 Å². The molecule has 1 aromatic heterocycles. The zero-order chi connectivity index (χ0) is 15.1. The van der Waals surface area contributed by atoms with Crippen LogP contribution in [0.5, 0.6) is 5.75 Å². The van der Waals surface area contributed by atoms with E-state index in [1.54, 1.807) is 6.20 Å². The molecule has 2 N–H and O–H groups in total.